The molecule has 16 heavy (non-hydrogen) atoms. The Hall–Kier alpha value is -0.280. The second kappa shape index (κ2) is 7.13. The largest absolute Gasteiger partial charge is 0.394 e. The number of rotatable bonds is 6. The monoisotopic (exact) mass is 244 g/mol. The van der Waals surface area contributed by atoms with Crippen molar-refractivity contribution in [3.8, 4) is 6.07 Å². The summed E-state index contributed by atoms with van der Waals surface area (Å²) in [6.45, 7) is 4.01. The zero-order chi connectivity index (χ0) is 11.9. The van der Waals surface area contributed by atoms with Gasteiger partial charge in [0, 0.05) is 19.6 Å². The van der Waals surface area contributed by atoms with E-state index in [0.717, 1.165) is 32.5 Å². The van der Waals surface area contributed by atoms with E-state index in [2.05, 4.69) is 11.0 Å². The number of aliphatic hydroxyl groups excluding tert-OH is 1. The van der Waals surface area contributed by atoms with Crippen molar-refractivity contribution in [3.63, 3.8) is 0 Å². The van der Waals surface area contributed by atoms with Gasteiger partial charge in [-0.25, -0.2) is 0 Å². The molecular weight excluding hydrogens is 224 g/mol. The number of nitriles is 1. The summed E-state index contributed by atoms with van der Waals surface area (Å²) >= 11 is 1.68. The number of aliphatic hydroxyl groups is 1. The van der Waals surface area contributed by atoms with E-state index < -0.39 is 0 Å². The van der Waals surface area contributed by atoms with Crippen LogP contribution < -0.4 is 0 Å². The van der Waals surface area contributed by atoms with Crippen LogP contribution in [0.3, 0.4) is 0 Å². The van der Waals surface area contributed by atoms with Crippen molar-refractivity contribution >= 4 is 11.8 Å². The number of hydrogen-bond acceptors (Lipinski definition) is 5. The van der Waals surface area contributed by atoms with Crippen LogP contribution in [0.25, 0.3) is 0 Å². The Morgan fingerprint density at radius 2 is 2.12 bits per heavy atom. The van der Waals surface area contributed by atoms with E-state index in [1.807, 2.05) is 6.26 Å². The smallest absolute Gasteiger partial charge is 0.104 e. The average molecular weight is 244 g/mol. The normalized spacial score (nSPS) is 20.6. The maximum absolute atomic E-state index is 9.13. The van der Waals surface area contributed by atoms with Gasteiger partial charge < -0.3 is 14.7 Å². The van der Waals surface area contributed by atoms with Gasteiger partial charge in [0.05, 0.1) is 25.9 Å². The molecule has 1 saturated heterocycles. The zero-order valence-electron chi connectivity index (χ0n) is 9.81. The number of hydrogen-bond donors (Lipinski definition) is 1. The van der Waals surface area contributed by atoms with Gasteiger partial charge in [0.1, 0.15) is 4.75 Å². The first-order chi connectivity index (χ1) is 7.76. The lowest BCUT2D eigenvalue weighted by atomic mass is 9.97. The molecule has 1 rings (SSSR count). The molecule has 0 aromatic heterocycles. The third-order valence-electron chi connectivity index (χ3n) is 3.05. The lowest BCUT2D eigenvalue weighted by molar-refractivity contribution is 0.0684. The van der Waals surface area contributed by atoms with Gasteiger partial charge in [-0.1, -0.05) is 0 Å². The summed E-state index contributed by atoms with van der Waals surface area (Å²) in [5.41, 5.74) is 0. The highest BCUT2D eigenvalue weighted by Gasteiger charge is 2.33. The molecule has 0 radical (unpaired) electrons. The predicted molar refractivity (Wildman–Crippen MR) is 65.4 cm³/mol. The van der Waals surface area contributed by atoms with Crippen molar-refractivity contribution in [1.82, 2.24) is 4.90 Å². The zero-order valence-corrected chi connectivity index (χ0v) is 10.6. The second-order valence-electron chi connectivity index (χ2n) is 3.99. The van der Waals surface area contributed by atoms with E-state index in [1.165, 1.54) is 0 Å². The van der Waals surface area contributed by atoms with Gasteiger partial charge >= 0.3 is 0 Å². The second-order valence-corrected chi connectivity index (χ2v) is 5.18. The Morgan fingerprint density at radius 1 is 1.44 bits per heavy atom. The number of nitrogens with zero attached hydrogens (tertiary/aromatic N) is 2. The van der Waals surface area contributed by atoms with Crippen LogP contribution >= 0.6 is 11.8 Å². The minimum atomic E-state index is -0.164. The highest BCUT2D eigenvalue weighted by Crippen LogP contribution is 2.33. The molecule has 1 aliphatic rings. The summed E-state index contributed by atoms with van der Waals surface area (Å²) in [6.07, 6.45) is 3.89. The Balaban J connectivity index is 2.19. The van der Waals surface area contributed by atoms with Crippen molar-refractivity contribution in [2.24, 2.45) is 0 Å². The number of piperidine rings is 1. The van der Waals surface area contributed by atoms with E-state index in [0.29, 0.717) is 13.2 Å². The fourth-order valence-corrected chi connectivity index (χ4v) is 2.54. The summed E-state index contributed by atoms with van der Waals surface area (Å²) in [5, 5.41) is 17.7. The molecule has 0 atom stereocenters. The van der Waals surface area contributed by atoms with Crippen molar-refractivity contribution in [2.75, 3.05) is 45.7 Å². The Kier molecular flexibility index (Phi) is 6.14. The minimum absolute atomic E-state index is 0.0873. The number of thioether (sulfide) groups is 1. The van der Waals surface area contributed by atoms with Gasteiger partial charge in [-0.15, -0.1) is 11.8 Å². The molecule has 0 unspecified atom stereocenters. The van der Waals surface area contributed by atoms with Gasteiger partial charge in [-0.3, -0.25) is 0 Å². The molecule has 0 saturated carbocycles. The van der Waals surface area contributed by atoms with Gasteiger partial charge in [-0.2, -0.15) is 5.26 Å². The lowest BCUT2D eigenvalue weighted by Gasteiger charge is -2.36. The standard InChI is InChI=1S/C11H20N2O2S/c1-16-11(10-12)2-4-13(5-3-11)6-8-15-9-7-14/h14H,2-9H2,1H3. The predicted octanol–water partition coefficient (Wildman–Crippen LogP) is 0.716. The molecule has 0 aromatic rings. The first-order valence-electron chi connectivity index (χ1n) is 5.64. The van der Waals surface area contributed by atoms with E-state index in [1.54, 1.807) is 11.8 Å². The van der Waals surface area contributed by atoms with Gasteiger partial charge in [0.15, 0.2) is 0 Å². The summed E-state index contributed by atoms with van der Waals surface area (Å²) < 4.78 is 5.06. The van der Waals surface area contributed by atoms with E-state index in [9.17, 15) is 0 Å². The summed E-state index contributed by atoms with van der Waals surface area (Å²) in [7, 11) is 0. The van der Waals surface area contributed by atoms with E-state index in [4.69, 9.17) is 15.1 Å². The topological polar surface area (TPSA) is 56.5 Å². The molecule has 0 bridgehead atoms. The first-order valence-corrected chi connectivity index (χ1v) is 6.86. The molecule has 5 heteroatoms. The Morgan fingerprint density at radius 3 is 2.62 bits per heavy atom. The minimum Gasteiger partial charge on any atom is -0.394 e. The SMILES string of the molecule is CSC1(C#N)CCN(CCOCCO)CC1. The molecular formula is C11H20N2O2S. The Bertz CT molecular complexity index is 235. The van der Waals surface area contributed by atoms with Crippen LogP contribution in [-0.2, 0) is 4.74 Å². The van der Waals surface area contributed by atoms with Crippen LogP contribution in [0, 0.1) is 11.3 Å². The quantitative estimate of drug-likeness (QED) is 0.698. The highest BCUT2D eigenvalue weighted by molar-refractivity contribution is 8.00. The maximum atomic E-state index is 9.13. The van der Waals surface area contributed by atoms with Crippen LogP contribution in [0.4, 0.5) is 0 Å². The fourth-order valence-electron chi connectivity index (χ4n) is 1.86. The van der Waals surface area contributed by atoms with Crippen LogP contribution in [0.15, 0.2) is 0 Å². The molecule has 1 fully saturated rings. The van der Waals surface area contributed by atoms with Gasteiger partial charge in [0.25, 0.3) is 0 Å². The molecule has 0 aromatic carbocycles. The summed E-state index contributed by atoms with van der Waals surface area (Å²) in [4.78, 5) is 2.32. The van der Waals surface area contributed by atoms with Crippen molar-refractivity contribution < 1.29 is 9.84 Å². The fraction of sp³-hybridized carbons (Fsp3) is 0.909. The molecule has 92 valence electrons. The summed E-state index contributed by atoms with van der Waals surface area (Å²) in [5.74, 6) is 0. The molecule has 0 amide bonds. The van der Waals surface area contributed by atoms with Crippen LogP contribution in [0.2, 0.25) is 0 Å². The molecule has 1 heterocycles. The molecule has 1 N–H and O–H groups in total. The third-order valence-corrected chi connectivity index (χ3v) is 4.33. The van der Waals surface area contributed by atoms with E-state index >= 15 is 0 Å². The molecule has 0 spiro atoms. The maximum Gasteiger partial charge on any atom is 0.104 e. The lowest BCUT2D eigenvalue weighted by Crippen LogP contribution is -2.42. The number of likely N-dealkylation sites (tertiary alicyclic amines) is 1. The third kappa shape index (κ3) is 3.95. The number of ether oxygens (including phenoxy) is 1. The molecule has 1 aliphatic heterocycles. The van der Waals surface area contributed by atoms with Crippen LogP contribution in [-0.4, -0.2) is 60.5 Å². The first kappa shape index (κ1) is 13.8. The van der Waals surface area contributed by atoms with Gasteiger partial charge in [0.2, 0.25) is 0 Å². The van der Waals surface area contributed by atoms with Crippen molar-refractivity contribution in [1.29, 1.82) is 5.26 Å². The molecule has 4 nitrogen and oxygen atoms in total. The summed E-state index contributed by atoms with van der Waals surface area (Å²) in [6, 6.07) is 2.44. The van der Waals surface area contributed by atoms with E-state index in [-0.39, 0.29) is 11.4 Å². The van der Waals surface area contributed by atoms with Crippen molar-refractivity contribution in [3.05, 3.63) is 0 Å². The Labute approximate surface area is 102 Å². The molecule has 0 aliphatic carbocycles. The highest BCUT2D eigenvalue weighted by atomic mass is 32.2. The van der Waals surface area contributed by atoms with Crippen molar-refractivity contribution in [2.45, 2.75) is 17.6 Å². The van der Waals surface area contributed by atoms with Crippen LogP contribution in [0.1, 0.15) is 12.8 Å². The van der Waals surface area contributed by atoms with Gasteiger partial charge in [-0.05, 0) is 19.1 Å². The van der Waals surface area contributed by atoms with Crippen LogP contribution in [0.5, 0.6) is 0 Å². The average Bonchev–Trinajstić information content (AvgIpc) is 2.36.